The van der Waals surface area contributed by atoms with Gasteiger partial charge in [0.15, 0.2) is 0 Å². The predicted molar refractivity (Wildman–Crippen MR) is 71.0 cm³/mol. The van der Waals surface area contributed by atoms with Gasteiger partial charge in [-0.05, 0) is 49.0 Å². The smallest absolute Gasteiger partial charge is 0.115 e. The van der Waals surface area contributed by atoms with E-state index in [1.807, 2.05) is 12.1 Å². The molecule has 0 saturated carbocycles. The van der Waals surface area contributed by atoms with Crippen molar-refractivity contribution in [3.8, 4) is 5.75 Å². The van der Waals surface area contributed by atoms with Crippen LogP contribution in [0.5, 0.6) is 5.75 Å². The van der Waals surface area contributed by atoms with Crippen LogP contribution in [0.4, 0.5) is 0 Å². The topological polar surface area (TPSA) is 23.5 Å². The Labute approximate surface area is 104 Å². The maximum atomic E-state index is 9.25. The molecule has 0 unspecified atom stereocenters. The van der Waals surface area contributed by atoms with Crippen LogP contribution in [-0.2, 0) is 6.54 Å². The number of phenols is 1. The van der Waals surface area contributed by atoms with Crippen molar-refractivity contribution in [3.63, 3.8) is 0 Å². The molecule has 1 heterocycles. The van der Waals surface area contributed by atoms with E-state index in [0.717, 1.165) is 6.54 Å². The summed E-state index contributed by atoms with van der Waals surface area (Å²) in [6, 6.07) is 7.58. The molecule has 0 bridgehead atoms. The largest absolute Gasteiger partial charge is 0.508 e. The SMILES string of the molecule is CCC1(C)CCN(Cc2ccc(O)cc2)CC1. The molecule has 2 rings (SSSR count). The quantitative estimate of drug-likeness (QED) is 0.865. The molecular formula is C15H23NO. The molecule has 1 N–H and O–H groups in total. The Bertz CT molecular complexity index is 350. The van der Waals surface area contributed by atoms with Crippen molar-refractivity contribution in [1.82, 2.24) is 4.90 Å². The molecule has 2 nitrogen and oxygen atoms in total. The number of hydrogen-bond donors (Lipinski definition) is 1. The zero-order valence-corrected chi connectivity index (χ0v) is 10.9. The summed E-state index contributed by atoms with van der Waals surface area (Å²) in [5.41, 5.74) is 1.86. The second kappa shape index (κ2) is 5.09. The summed E-state index contributed by atoms with van der Waals surface area (Å²) in [5.74, 6) is 0.353. The van der Waals surface area contributed by atoms with Crippen molar-refractivity contribution in [2.45, 2.75) is 39.7 Å². The maximum Gasteiger partial charge on any atom is 0.115 e. The zero-order valence-electron chi connectivity index (χ0n) is 10.9. The number of rotatable bonds is 3. The lowest BCUT2D eigenvalue weighted by molar-refractivity contribution is 0.109. The molecule has 0 aromatic heterocycles. The van der Waals surface area contributed by atoms with Gasteiger partial charge in [0.25, 0.3) is 0 Å². The van der Waals surface area contributed by atoms with Crippen molar-refractivity contribution in [2.24, 2.45) is 5.41 Å². The van der Waals surface area contributed by atoms with Gasteiger partial charge in [-0.25, -0.2) is 0 Å². The van der Waals surface area contributed by atoms with Crippen LogP contribution < -0.4 is 0 Å². The van der Waals surface area contributed by atoms with Gasteiger partial charge in [-0.1, -0.05) is 32.4 Å². The number of benzene rings is 1. The Kier molecular flexibility index (Phi) is 3.72. The van der Waals surface area contributed by atoms with E-state index >= 15 is 0 Å². The summed E-state index contributed by atoms with van der Waals surface area (Å²) in [4.78, 5) is 2.52. The second-order valence-corrected chi connectivity index (χ2v) is 5.61. The van der Waals surface area contributed by atoms with E-state index in [1.54, 1.807) is 12.1 Å². The first-order chi connectivity index (χ1) is 8.11. The Morgan fingerprint density at radius 2 is 1.76 bits per heavy atom. The fraction of sp³-hybridized carbons (Fsp3) is 0.600. The zero-order chi connectivity index (χ0) is 12.3. The van der Waals surface area contributed by atoms with Gasteiger partial charge in [0.05, 0.1) is 0 Å². The van der Waals surface area contributed by atoms with Crippen LogP contribution in [0.15, 0.2) is 24.3 Å². The average molecular weight is 233 g/mol. The van der Waals surface area contributed by atoms with Gasteiger partial charge in [-0.2, -0.15) is 0 Å². The molecule has 0 radical (unpaired) electrons. The Hall–Kier alpha value is -1.02. The molecule has 0 aliphatic carbocycles. The van der Waals surface area contributed by atoms with Gasteiger partial charge in [0.1, 0.15) is 5.75 Å². The molecular weight excluding hydrogens is 210 g/mol. The molecule has 1 aliphatic rings. The Morgan fingerprint density at radius 3 is 2.29 bits per heavy atom. The van der Waals surface area contributed by atoms with Crippen LogP contribution in [0.2, 0.25) is 0 Å². The van der Waals surface area contributed by atoms with Crippen LogP contribution in [0.3, 0.4) is 0 Å². The highest BCUT2D eigenvalue weighted by atomic mass is 16.3. The predicted octanol–water partition coefficient (Wildman–Crippen LogP) is 3.40. The van der Waals surface area contributed by atoms with Gasteiger partial charge in [-0.15, -0.1) is 0 Å². The van der Waals surface area contributed by atoms with Crippen LogP contribution in [0.1, 0.15) is 38.7 Å². The normalized spacial score (nSPS) is 20.4. The number of likely N-dealkylation sites (tertiary alicyclic amines) is 1. The number of hydrogen-bond acceptors (Lipinski definition) is 2. The van der Waals surface area contributed by atoms with Crippen LogP contribution in [0.25, 0.3) is 0 Å². The summed E-state index contributed by atoms with van der Waals surface area (Å²) in [6.45, 7) is 8.12. The number of piperidine rings is 1. The van der Waals surface area contributed by atoms with Crippen molar-refractivity contribution < 1.29 is 5.11 Å². The summed E-state index contributed by atoms with van der Waals surface area (Å²) in [6.07, 6.45) is 3.91. The van der Waals surface area contributed by atoms with Crippen LogP contribution in [-0.4, -0.2) is 23.1 Å². The molecule has 1 aliphatic heterocycles. The van der Waals surface area contributed by atoms with Crippen LogP contribution >= 0.6 is 0 Å². The van der Waals surface area contributed by atoms with E-state index < -0.39 is 0 Å². The number of nitrogens with zero attached hydrogens (tertiary/aromatic N) is 1. The van der Waals surface area contributed by atoms with E-state index in [9.17, 15) is 5.11 Å². The molecule has 1 saturated heterocycles. The van der Waals surface area contributed by atoms with Crippen molar-refractivity contribution in [2.75, 3.05) is 13.1 Å². The molecule has 1 fully saturated rings. The van der Waals surface area contributed by atoms with E-state index in [4.69, 9.17) is 0 Å². The minimum Gasteiger partial charge on any atom is -0.508 e. The van der Waals surface area contributed by atoms with Gasteiger partial charge in [0, 0.05) is 6.54 Å². The summed E-state index contributed by atoms with van der Waals surface area (Å²) in [7, 11) is 0. The first kappa shape index (κ1) is 12.4. The maximum absolute atomic E-state index is 9.25. The lowest BCUT2D eigenvalue weighted by Gasteiger charge is -2.39. The Morgan fingerprint density at radius 1 is 1.18 bits per heavy atom. The first-order valence-corrected chi connectivity index (χ1v) is 6.61. The lowest BCUT2D eigenvalue weighted by Crippen LogP contribution is -2.37. The van der Waals surface area contributed by atoms with Crippen molar-refractivity contribution in [3.05, 3.63) is 29.8 Å². The molecule has 94 valence electrons. The van der Waals surface area contributed by atoms with Gasteiger partial charge >= 0.3 is 0 Å². The van der Waals surface area contributed by atoms with Gasteiger partial charge in [-0.3, -0.25) is 4.90 Å². The number of aromatic hydroxyl groups is 1. The van der Waals surface area contributed by atoms with Crippen LogP contribution in [0, 0.1) is 5.41 Å². The summed E-state index contributed by atoms with van der Waals surface area (Å²) >= 11 is 0. The van der Waals surface area contributed by atoms with E-state index in [0.29, 0.717) is 11.2 Å². The van der Waals surface area contributed by atoms with Gasteiger partial charge in [0.2, 0.25) is 0 Å². The third kappa shape index (κ3) is 3.22. The highest BCUT2D eigenvalue weighted by Crippen LogP contribution is 2.34. The van der Waals surface area contributed by atoms with E-state index in [2.05, 4.69) is 18.7 Å². The summed E-state index contributed by atoms with van der Waals surface area (Å²) < 4.78 is 0. The third-order valence-electron chi connectivity index (χ3n) is 4.26. The monoisotopic (exact) mass is 233 g/mol. The fourth-order valence-corrected chi connectivity index (χ4v) is 2.46. The molecule has 0 amide bonds. The molecule has 0 spiro atoms. The minimum absolute atomic E-state index is 0.353. The second-order valence-electron chi connectivity index (χ2n) is 5.61. The highest BCUT2D eigenvalue weighted by molar-refractivity contribution is 5.25. The lowest BCUT2D eigenvalue weighted by atomic mass is 9.78. The van der Waals surface area contributed by atoms with E-state index in [1.165, 1.54) is 37.9 Å². The average Bonchev–Trinajstić information content (AvgIpc) is 2.35. The summed E-state index contributed by atoms with van der Waals surface area (Å²) in [5, 5.41) is 9.25. The first-order valence-electron chi connectivity index (χ1n) is 6.61. The molecule has 2 heteroatoms. The molecule has 17 heavy (non-hydrogen) atoms. The molecule has 1 aromatic carbocycles. The standard InChI is InChI=1S/C15H23NO/c1-3-15(2)8-10-16(11-9-15)12-13-4-6-14(17)7-5-13/h4-7,17H,3,8-12H2,1-2H3. The third-order valence-corrected chi connectivity index (χ3v) is 4.26. The fourth-order valence-electron chi connectivity index (χ4n) is 2.46. The number of phenolic OH excluding ortho intramolecular Hbond substituents is 1. The van der Waals surface area contributed by atoms with Gasteiger partial charge < -0.3 is 5.11 Å². The van der Waals surface area contributed by atoms with Crippen molar-refractivity contribution >= 4 is 0 Å². The Balaban J connectivity index is 1.88. The highest BCUT2D eigenvalue weighted by Gasteiger charge is 2.27. The minimum atomic E-state index is 0.353. The van der Waals surface area contributed by atoms with Crippen molar-refractivity contribution in [1.29, 1.82) is 0 Å². The van der Waals surface area contributed by atoms with E-state index in [-0.39, 0.29) is 0 Å². The molecule has 1 aromatic rings. The molecule has 0 atom stereocenters.